The van der Waals surface area contributed by atoms with Crippen molar-refractivity contribution in [3.8, 4) is 0 Å². The van der Waals surface area contributed by atoms with Crippen LogP contribution in [0.5, 0.6) is 0 Å². The van der Waals surface area contributed by atoms with Crippen molar-refractivity contribution in [3.05, 3.63) is 12.2 Å². The number of imide groups is 1. The van der Waals surface area contributed by atoms with Crippen LogP contribution in [0.25, 0.3) is 0 Å². The molecule has 1 rings (SSSR count). The second kappa shape index (κ2) is 35.8. The maximum Gasteiger partial charge on any atom is 0.253 e. The van der Waals surface area contributed by atoms with Crippen LogP contribution in [-0.4, -0.2) is 185 Å². The lowest BCUT2D eigenvalue weighted by atomic mass is 10.1. The molecule has 0 aliphatic carbocycles. The summed E-state index contributed by atoms with van der Waals surface area (Å²) in [6.07, 6.45) is 3.02. The molecule has 0 fully saturated rings. The van der Waals surface area contributed by atoms with Crippen molar-refractivity contribution in [2.45, 2.75) is 44.6 Å². The van der Waals surface area contributed by atoms with E-state index in [-0.39, 0.29) is 70.2 Å². The van der Waals surface area contributed by atoms with E-state index in [0.29, 0.717) is 112 Å². The molecule has 1 heterocycles. The molecule has 56 heavy (non-hydrogen) atoms. The maximum absolute atomic E-state index is 12.9. The zero-order valence-corrected chi connectivity index (χ0v) is 32.9. The first-order chi connectivity index (χ1) is 27.3. The average Bonchev–Trinajstić information content (AvgIpc) is 3.51. The Morgan fingerprint density at radius 1 is 0.571 bits per heavy atom. The summed E-state index contributed by atoms with van der Waals surface area (Å²) < 4.78 is 42.9. The van der Waals surface area contributed by atoms with E-state index in [1.54, 1.807) is 7.11 Å². The van der Waals surface area contributed by atoms with E-state index < -0.39 is 29.7 Å². The van der Waals surface area contributed by atoms with Crippen LogP contribution in [0.1, 0.15) is 38.5 Å². The predicted molar refractivity (Wildman–Crippen MR) is 201 cm³/mol. The predicted octanol–water partition coefficient (Wildman–Crippen LogP) is -2.19. The minimum Gasteiger partial charge on any atom is -0.382 e. The molecule has 1 atom stereocenters. The molecule has 0 bridgehead atoms. The third-order valence-corrected chi connectivity index (χ3v) is 7.58. The average molecular weight is 805 g/mol. The Hall–Kier alpha value is -3.60. The molecular formula is C36H64N6O14. The first kappa shape index (κ1) is 50.4. The first-order valence-corrected chi connectivity index (χ1v) is 19.2. The van der Waals surface area contributed by atoms with E-state index in [4.69, 9.17) is 43.6 Å². The maximum atomic E-state index is 12.9. The van der Waals surface area contributed by atoms with Crippen LogP contribution in [0, 0.1) is 0 Å². The third kappa shape index (κ3) is 28.8. The zero-order chi connectivity index (χ0) is 40.9. The summed E-state index contributed by atoms with van der Waals surface area (Å²) in [7, 11) is 1.63. The third-order valence-electron chi connectivity index (χ3n) is 7.58. The van der Waals surface area contributed by atoms with E-state index >= 15 is 0 Å². The Bertz CT molecular complexity index is 1110. The van der Waals surface area contributed by atoms with Gasteiger partial charge in [-0.15, -0.1) is 0 Å². The summed E-state index contributed by atoms with van der Waals surface area (Å²) >= 11 is 0. The number of hydrogen-bond acceptors (Lipinski definition) is 15. The van der Waals surface area contributed by atoms with E-state index in [1.807, 2.05) is 0 Å². The van der Waals surface area contributed by atoms with E-state index in [0.717, 1.165) is 4.90 Å². The van der Waals surface area contributed by atoms with Crippen LogP contribution in [-0.2, 0) is 66.7 Å². The van der Waals surface area contributed by atoms with Crippen LogP contribution in [0.3, 0.4) is 0 Å². The number of nitrogens with two attached hydrogens (primary N) is 1. The summed E-state index contributed by atoms with van der Waals surface area (Å²) in [5.74, 6) is -2.38. The lowest BCUT2D eigenvalue weighted by Gasteiger charge is -2.19. The largest absolute Gasteiger partial charge is 0.382 e. The van der Waals surface area contributed by atoms with Crippen LogP contribution < -0.4 is 27.0 Å². The van der Waals surface area contributed by atoms with Crippen molar-refractivity contribution >= 4 is 35.4 Å². The van der Waals surface area contributed by atoms with Gasteiger partial charge in [-0.2, -0.15) is 0 Å². The zero-order valence-electron chi connectivity index (χ0n) is 32.9. The summed E-state index contributed by atoms with van der Waals surface area (Å²) in [6.45, 7) is 7.84. The van der Waals surface area contributed by atoms with Crippen LogP contribution in [0.4, 0.5) is 0 Å². The highest BCUT2D eigenvalue weighted by Gasteiger charge is 2.24. The molecule has 1 aliphatic rings. The molecule has 0 saturated carbocycles. The Labute approximate surface area is 329 Å². The van der Waals surface area contributed by atoms with Gasteiger partial charge in [-0.25, -0.2) is 0 Å². The summed E-state index contributed by atoms with van der Waals surface area (Å²) in [6, 6.07) is -1.01. The first-order valence-electron chi connectivity index (χ1n) is 19.2. The lowest BCUT2D eigenvalue weighted by Crippen LogP contribution is -2.47. The number of ether oxygens (including phenoxy) is 8. The molecule has 20 nitrogen and oxygen atoms in total. The number of rotatable bonds is 39. The SMILES string of the molecule is COCCOCCOCCOCCOCCOCCOCCOCCNC(=O)CCC(NC(=O)CCCN1C(=O)C=CC1=O)C(=O)NCCCC(=O)NCCN. The van der Waals surface area contributed by atoms with Gasteiger partial charge in [0, 0.05) is 71.2 Å². The second-order valence-corrected chi connectivity index (χ2v) is 12.1. The molecule has 1 aliphatic heterocycles. The molecule has 322 valence electrons. The summed E-state index contributed by atoms with van der Waals surface area (Å²) in [4.78, 5) is 74.3. The second-order valence-electron chi connectivity index (χ2n) is 12.1. The lowest BCUT2D eigenvalue weighted by molar-refractivity contribution is -0.137. The monoisotopic (exact) mass is 804 g/mol. The number of amides is 6. The summed E-state index contributed by atoms with van der Waals surface area (Å²) in [5.41, 5.74) is 5.38. The van der Waals surface area contributed by atoms with Gasteiger partial charge in [-0.1, -0.05) is 0 Å². The van der Waals surface area contributed by atoms with Crippen molar-refractivity contribution in [1.29, 1.82) is 0 Å². The van der Waals surface area contributed by atoms with Crippen molar-refractivity contribution in [3.63, 3.8) is 0 Å². The highest BCUT2D eigenvalue weighted by Crippen LogP contribution is 2.06. The number of nitrogens with zero attached hydrogens (tertiary/aromatic N) is 1. The van der Waals surface area contributed by atoms with Gasteiger partial charge in [0.15, 0.2) is 0 Å². The minimum absolute atomic E-state index is 0.0220. The van der Waals surface area contributed by atoms with Gasteiger partial charge in [0.1, 0.15) is 6.04 Å². The Kier molecular flexibility index (Phi) is 32.2. The molecule has 20 heteroatoms. The van der Waals surface area contributed by atoms with Crippen molar-refractivity contribution < 1.29 is 66.7 Å². The quantitative estimate of drug-likeness (QED) is 0.0327. The van der Waals surface area contributed by atoms with Gasteiger partial charge in [0.25, 0.3) is 11.8 Å². The van der Waals surface area contributed by atoms with Crippen molar-refractivity contribution in [2.24, 2.45) is 5.73 Å². The number of carbonyl (C=O) groups excluding carboxylic acids is 6. The molecule has 0 radical (unpaired) electrons. The molecule has 0 aromatic carbocycles. The number of hydrogen-bond donors (Lipinski definition) is 5. The van der Waals surface area contributed by atoms with Gasteiger partial charge in [0.2, 0.25) is 23.6 Å². The van der Waals surface area contributed by atoms with E-state index in [2.05, 4.69) is 21.3 Å². The normalized spacial score (nSPS) is 12.9. The van der Waals surface area contributed by atoms with Crippen molar-refractivity contribution in [1.82, 2.24) is 26.2 Å². The number of nitrogens with one attached hydrogen (secondary N) is 4. The fraction of sp³-hybridized carbons (Fsp3) is 0.778. The van der Waals surface area contributed by atoms with E-state index in [9.17, 15) is 28.8 Å². The summed E-state index contributed by atoms with van der Waals surface area (Å²) in [5, 5.41) is 10.7. The molecule has 0 saturated heterocycles. The number of carbonyl (C=O) groups is 6. The molecule has 0 spiro atoms. The fourth-order valence-corrected chi connectivity index (χ4v) is 4.66. The highest BCUT2D eigenvalue weighted by atomic mass is 16.6. The van der Waals surface area contributed by atoms with Gasteiger partial charge in [-0.3, -0.25) is 33.7 Å². The molecule has 6 amide bonds. The van der Waals surface area contributed by atoms with Gasteiger partial charge >= 0.3 is 0 Å². The standard InChI is InChI=1S/C36H64N6O14/c1-49-16-17-51-20-21-53-24-25-55-28-29-56-27-26-54-23-22-52-19-18-50-15-13-39-32(44)7-6-30(36(48)40-11-2-4-31(43)38-12-10-37)41-33(45)5-3-14-42-34(46)8-9-35(42)47/h8-9,30H,2-7,10-29,37H2,1H3,(H,38,43)(H,39,44)(H,40,48)(H,41,45). The molecule has 6 N–H and O–H groups in total. The molecular weight excluding hydrogens is 740 g/mol. The van der Waals surface area contributed by atoms with Gasteiger partial charge in [0.05, 0.1) is 99.1 Å². The highest BCUT2D eigenvalue weighted by molar-refractivity contribution is 6.12. The van der Waals surface area contributed by atoms with Gasteiger partial charge in [-0.05, 0) is 19.3 Å². The number of methoxy groups -OCH3 is 1. The van der Waals surface area contributed by atoms with Crippen molar-refractivity contribution in [2.75, 3.05) is 139 Å². The van der Waals surface area contributed by atoms with Crippen LogP contribution in [0.15, 0.2) is 12.2 Å². The van der Waals surface area contributed by atoms with E-state index in [1.165, 1.54) is 12.2 Å². The Morgan fingerprint density at radius 3 is 1.52 bits per heavy atom. The molecule has 0 aromatic rings. The Balaban J connectivity index is 2.12. The fourth-order valence-electron chi connectivity index (χ4n) is 4.66. The van der Waals surface area contributed by atoms with Crippen LogP contribution in [0.2, 0.25) is 0 Å². The smallest absolute Gasteiger partial charge is 0.253 e. The van der Waals surface area contributed by atoms with Gasteiger partial charge < -0.3 is 64.9 Å². The Morgan fingerprint density at radius 2 is 1.02 bits per heavy atom. The topological polar surface area (TPSA) is 254 Å². The van der Waals surface area contributed by atoms with Crippen LogP contribution >= 0.6 is 0 Å². The molecule has 1 unspecified atom stereocenters. The minimum atomic E-state index is -1.01. The molecule has 0 aromatic heterocycles.